The zero-order valence-corrected chi connectivity index (χ0v) is 23.6. The van der Waals surface area contributed by atoms with Crippen molar-refractivity contribution in [3.05, 3.63) is 53.6 Å². The number of nitrogens with two attached hydrogens (primary N) is 1. The Hall–Kier alpha value is -3.99. The third-order valence-corrected chi connectivity index (χ3v) is 7.46. The molecular formula is C28H38N6O9. The Bertz CT molecular complexity index is 1300. The number of phenols is 1. The fourth-order valence-corrected chi connectivity index (χ4v) is 4.81. The van der Waals surface area contributed by atoms with Crippen LogP contribution < -0.4 is 21.1 Å². The average Bonchev–Trinajstić information content (AvgIpc) is 3.00. The number of benzene rings is 2. The first-order chi connectivity index (χ1) is 20.5. The van der Waals surface area contributed by atoms with Crippen molar-refractivity contribution in [1.82, 2.24) is 15.1 Å². The molecule has 0 aromatic heterocycles. The monoisotopic (exact) mass is 602 g/mol. The van der Waals surface area contributed by atoms with Gasteiger partial charge in [-0.1, -0.05) is 18.2 Å². The zero-order chi connectivity index (χ0) is 31.3. The second-order valence-corrected chi connectivity index (χ2v) is 10.5. The van der Waals surface area contributed by atoms with E-state index < -0.39 is 49.3 Å². The number of piperazine rings is 1. The van der Waals surface area contributed by atoms with Gasteiger partial charge < -0.3 is 61.2 Å². The predicted molar refractivity (Wildman–Crippen MR) is 153 cm³/mol. The number of nitrogen functional groups attached to an aromatic ring is 1. The molecule has 2 fully saturated rings. The third-order valence-electron chi connectivity index (χ3n) is 7.46. The van der Waals surface area contributed by atoms with Crippen molar-refractivity contribution in [2.24, 2.45) is 5.73 Å². The highest BCUT2D eigenvalue weighted by atomic mass is 16.7. The van der Waals surface area contributed by atoms with Crippen LogP contribution in [0.4, 0.5) is 5.69 Å². The van der Waals surface area contributed by atoms with Gasteiger partial charge in [0.1, 0.15) is 47.8 Å². The molecule has 0 spiro atoms. The minimum atomic E-state index is -1.71. The Balaban J connectivity index is 1.62. The summed E-state index contributed by atoms with van der Waals surface area (Å²) in [5, 5.41) is 64.3. The molecule has 15 nitrogen and oxygen atoms in total. The van der Waals surface area contributed by atoms with Gasteiger partial charge in [-0.25, -0.2) is 0 Å². The van der Waals surface area contributed by atoms with E-state index in [-0.39, 0.29) is 46.6 Å². The first kappa shape index (κ1) is 31.9. The Morgan fingerprint density at radius 3 is 2.47 bits per heavy atom. The molecule has 2 amide bonds. The number of para-hydroxylation sites is 1. The molecule has 2 heterocycles. The highest BCUT2D eigenvalue weighted by Gasteiger charge is 2.45. The number of amidine groups is 1. The number of hydrogen-bond donors (Lipinski definition) is 9. The van der Waals surface area contributed by atoms with Gasteiger partial charge in [-0.05, 0) is 31.3 Å². The summed E-state index contributed by atoms with van der Waals surface area (Å²) >= 11 is 0. The molecule has 0 saturated carbocycles. The number of carbonyl (C=O) groups excluding carboxylic acids is 2. The van der Waals surface area contributed by atoms with Gasteiger partial charge in [-0.15, -0.1) is 0 Å². The summed E-state index contributed by atoms with van der Waals surface area (Å²) in [5.74, 6) is -1.43. The standard InChI is InChI=1S/C28H38N6O9/c1-33-8-10-34(11-9-33)21(37)13-31-27(41)22(32-17-12-15(26(29)30)6-7-18(17)36)16-4-2-3-5-19(16)42-28-25(40)24(39)23(38)20(14-35)43-28/h2-7,12,20,22-25,28,32,35-36,38-40H,8-11,13-14H2,1H3,(H3,29,30)(H,31,41). The second-order valence-electron chi connectivity index (χ2n) is 10.5. The lowest BCUT2D eigenvalue weighted by Gasteiger charge is -2.40. The second kappa shape index (κ2) is 14.0. The van der Waals surface area contributed by atoms with E-state index in [0.717, 1.165) is 0 Å². The average molecular weight is 603 g/mol. The van der Waals surface area contributed by atoms with E-state index in [0.29, 0.717) is 26.2 Å². The van der Waals surface area contributed by atoms with Crippen molar-refractivity contribution >= 4 is 23.3 Å². The Kier molecular flexibility index (Phi) is 10.4. The summed E-state index contributed by atoms with van der Waals surface area (Å²) in [6.07, 6.45) is -7.74. The number of carbonyl (C=O) groups is 2. The van der Waals surface area contributed by atoms with Crippen LogP contribution in [0.15, 0.2) is 42.5 Å². The van der Waals surface area contributed by atoms with Crippen molar-refractivity contribution in [1.29, 1.82) is 5.41 Å². The van der Waals surface area contributed by atoms with E-state index in [4.69, 9.17) is 20.6 Å². The number of nitrogens with one attached hydrogen (secondary N) is 3. The van der Waals surface area contributed by atoms with Gasteiger partial charge in [0, 0.05) is 37.3 Å². The van der Waals surface area contributed by atoms with Crippen LogP contribution in [0.1, 0.15) is 17.2 Å². The molecule has 2 aliphatic heterocycles. The molecule has 2 aromatic carbocycles. The lowest BCUT2D eigenvalue weighted by Crippen LogP contribution is -2.60. The van der Waals surface area contributed by atoms with E-state index in [1.54, 1.807) is 17.0 Å². The lowest BCUT2D eigenvalue weighted by molar-refractivity contribution is -0.277. The molecule has 6 atom stereocenters. The van der Waals surface area contributed by atoms with Crippen LogP contribution in [0, 0.1) is 5.41 Å². The Labute approximate surface area is 247 Å². The summed E-state index contributed by atoms with van der Waals surface area (Å²) in [6.45, 7) is 1.50. The fraction of sp³-hybridized carbons (Fsp3) is 0.464. The molecule has 6 unspecified atom stereocenters. The van der Waals surface area contributed by atoms with Crippen LogP contribution in [-0.2, 0) is 14.3 Å². The van der Waals surface area contributed by atoms with Crippen molar-refractivity contribution in [2.75, 3.05) is 51.7 Å². The van der Waals surface area contributed by atoms with Crippen LogP contribution in [-0.4, -0.2) is 130 Å². The first-order valence-electron chi connectivity index (χ1n) is 13.7. The number of aliphatic hydroxyl groups excluding tert-OH is 4. The predicted octanol–water partition coefficient (Wildman–Crippen LogP) is -2.10. The summed E-state index contributed by atoms with van der Waals surface area (Å²) in [6, 6.07) is 9.03. The number of rotatable bonds is 10. The van der Waals surface area contributed by atoms with E-state index in [2.05, 4.69) is 15.5 Å². The molecule has 234 valence electrons. The van der Waals surface area contributed by atoms with E-state index in [1.807, 2.05) is 7.05 Å². The minimum absolute atomic E-state index is 0.0205. The molecule has 4 rings (SSSR count). The SMILES string of the molecule is CN1CCN(C(=O)CNC(=O)C(Nc2cc(C(=N)N)ccc2O)c2ccccc2OC2OC(CO)C(O)C(O)C2O)CC1. The normalized spacial score (nSPS) is 25.0. The molecule has 15 heteroatoms. The summed E-state index contributed by atoms with van der Waals surface area (Å²) in [5.41, 5.74) is 6.14. The van der Waals surface area contributed by atoms with Gasteiger partial charge in [-0.2, -0.15) is 0 Å². The molecule has 10 N–H and O–H groups in total. The minimum Gasteiger partial charge on any atom is -0.506 e. The van der Waals surface area contributed by atoms with Crippen molar-refractivity contribution in [3.63, 3.8) is 0 Å². The molecular weight excluding hydrogens is 564 g/mol. The smallest absolute Gasteiger partial charge is 0.247 e. The van der Waals surface area contributed by atoms with Crippen LogP contribution in [0.5, 0.6) is 11.5 Å². The van der Waals surface area contributed by atoms with Gasteiger partial charge in [0.05, 0.1) is 18.8 Å². The van der Waals surface area contributed by atoms with Crippen molar-refractivity contribution < 1.29 is 44.6 Å². The number of likely N-dealkylation sites (N-methyl/N-ethyl adjacent to an activating group) is 1. The number of amides is 2. The lowest BCUT2D eigenvalue weighted by atomic mass is 9.99. The van der Waals surface area contributed by atoms with Crippen LogP contribution in [0.3, 0.4) is 0 Å². The molecule has 2 aliphatic rings. The number of phenolic OH excluding ortho intramolecular Hbond substituents is 1. The first-order valence-corrected chi connectivity index (χ1v) is 13.7. The summed E-state index contributed by atoms with van der Waals surface area (Å²) in [7, 11) is 1.96. The third kappa shape index (κ3) is 7.51. The molecule has 0 bridgehead atoms. The van der Waals surface area contributed by atoms with Gasteiger partial charge in [0.15, 0.2) is 0 Å². The largest absolute Gasteiger partial charge is 0.506 e. The zero-order valence-electron chi connectivity index (χ0n) is 23.6. The molecule has 43 heavy (non-hydrogen) atoms. The maximum absolute atomic E-state index is 13.7. The van der Waals surface area contributed by atoms with Crippen molar-refractivity contribution in [3.8, 4) is 11.5 Å². The van der Waals surface area contributed by atoms with E-state index in [1.165, 1.54) is 30.3 Å². The molecule has 2 saturated heterocycles. The van der Waals surface area contributed by atoms with Crippen molar-refractivity contribution in [2.45, 2.75) is 36.7 Å². The number of anilines is 1. The molecule has 0 aliphatic carbocycles. The number of aliphatic hydroxyl groups is 4. The topological polar surface area (TPSA) is 234 Å². The maximum Gasteiger partial charge on any atom is 0.247 e. The maximum atomic E-state index is 13.7. The Morgan fingerprint density at radius 2 is 1.79 bits per heavy atom. The van der Waals surface area contributed by atoms with Gasteiger partial charge in [0.2, 0.25) is 18.1 Å². The molecule has 0 radical (unpaired) electrons. The molecule has 2 aromatic rings. The number of aromatic hydroxyl groups is 1. The fourth-order valence-electron chi connectivity index (χ4n) is 4.81. The van der Waals surface area contributed by atoms with E-state index >= 15 is 0 Å². The van der Waals surface area contributed by atoms with Crippen LogP contribution >= 0.6 is 0 Å². The highest BCUT2D eigenvalue weighted by molar-refractivity contribution is 5.97. The van der Waals surface area contributed by atoms with Crippen LogP contribution in [0.2, 0.25) is 0 Å². The number of hydrogen-bond acceptors (Lipinski definition) is 12. The summed E-state index contributed by atoms with van der Waals surface area (Å²) < 4.78 is 11.3. The van der Waals surface area contributed by atoms with Gasteiger partial charge in [-0.3, -0.25) is 15.0 Å². The number of ether oxygens (including phenoxy) is 2. The summed E-state index contributed by atoms with van der Waals surface area (Å²) in [4.78, 5) is 30.3. The number of nitrogens with zero attached hydrogens (tertiary/aromatic N) is 2. The van der Waals surface area contributed by atoms with Gasteiger partial charge >= 0.3 is 0 Å². The quantitative estimate of drug-likeness (QED) is 0.0808. The van der Waals surface area contributed by atoms with E-state index in [9.17, 15) is 35.1 Å². The van der Waals surface area contributed by atoms with Gasteiger partial charge in [0.25, 0.3) is 0 Å². The highest BCUT2D eigenvalue weighted by Crippen LogP contribution is 2.34. The van der Waals surface area contributed by atoms with Crippen LogP contribution in [0.25, 0.3) is 0 Å². The Morgan fingerprint density at radius 1 is 1.09 bits per heavy atom.